The van der Waals surface area contributed by atoms with Gasteiger partial charge in [0.15, 0.2) is 16.7 Å². The van der Waals surface area contributed by atoms with Crippen LogP contribution in [0.3, 0.4) is 0 Å². The van der Waals surface area contributed by atoms with Crippen LogP contribution in [0, 0.1) is 6.92 Å². The van der Waals surface area contributed by atoms with Gasteiger partial charge in [-0.1, -0.05) is 60.2 Å². The number of amidine groups is 1. The van der Waals surface area contributed by atoms with E-state index in [1.807, 2.05) is 37.3 Å². The monoisotopic (exact) mass is 534 g/mol. The van der Waals surface area contributed by atoms with Crippen LogP contribution in [0.2, 0.25) is 0 Å². The zero-order valence-electron chi connectivity index (χ0n) is 20.5. The van der Waals surface area contributed by atoms with Crippen LogP contribution in [0.1, 0.15) is 16.7 Å². The number of methoxy groups -OCH3 is 1. The van der Waals surface area contributed by atoms with Gasteiger partial charge in [-0.15, -0.1) is 11.0 Å². The lowest BCUT2D eigenvalue weighted by Crippen LogP contribution is -2.29. The molecule has 0 unspecified atom stereocenters. The van der Waals surface area contributed by atoms with E-state index in [1.54, 1.807) is 43.5 Å². The Morgan fingerprint density at radius 1 is 1.03 bits per heavy atom. The zero-order chi connectivity index (χ0) is 26.4. The summed E-state index contributed by atoms with van der Waals surface area (Å²) in [5, 5.41) is 0.0755. The largest absolute Gasteiger partial charge is 0.493 e. The van der Waals surface area contributed by atoms with Crippen molar-refractivity contribution in [2.24, 2.45) is 4.40 Å². The summed E-state index contributed by atoms with van der Waals surface area (Å²) in [6.07, 6.45) is 3.20. The molecular formula is C28H26N2O5S2. The summed E-state index contributed by atoms with van der Waals surface area (Å²) in [5.74, 6) is 0.726. The number of hydrogen-bond donors (Lipinski definition) is 0. The summed E-state index contributed by atoms with van der Waals surface area (Å²) in [5.41, 5.74) is 2.65. The van der Waals surface area contributed by atoms with Gasteiger partial charge in [-0.25, -0.2) is 0 Å². The molecule has 1 saturated heterocycles. The number of ether oxygens (including phenoxy) is 2. The molecule has 1 amide bonds. The molecule has 190 valence electrons. The Bertz CT molecular complexity index is 1460. The Labute approximate surface area is 221 Å². The molecule has 37 heavy (non-hydrogen) atoms. The van der Waals surface area contributed by atoms with Crippen LogP contribution < -0.4 is 9.47 Å². The summed E-state index contributed by atoms with van der Waals surface area (Å²) in [6.45, 7) is 6.06. The number of nitrogens with zero attached hydrogens (tertiary/aromatic N) is 2. The number of aryl methyl sites for hydroxylation is 1. The highest BCUT2D eigenvalue weighted by atomic mass is 32.2. The van der Waals surface area contributed by atoms with Crippen LogP contribution in [0.5, 0.6) is 11.5 Å². The molecule has 0 N–H and O–H groups in total. The Kier molecular flexibility index (Phi) is 8.15. The first kappa shape index (κ1) is 26.2. The molecule has 1 heterocycles. The summed E-state index contributed by atoms with van der Waals surface area (Å²) >= 11 is 1.00. The fourth-order valence-corrected chi connectivity index (χ4v) is 5.70. The molecule has 0 spiro atoms. The number of amides is 1. The summed E-state index contributed by atoms with van der Waals surface area (Å²) in [7, 11) is -2.46. The first-order chi connectivity index (χ1) is 17.8. The minimum absolute atomic E-state index is 0.0606. The number of sulfonamides is 1. The van der Waals surface area contributed by atoms with Gasteiger partial charge >= 0.3 is 0 Å². The molecule has 0 saturated carbocycles. The van der Waals surface area contributed by atoms with Crippen molar-refractivity contribution in [3.8, 4) is 11.5 Å². The quantitative estimate of drug-likeness (QED) is 0.269. The number of thioether (sulfide) groups is 1. The lowest BCUT2D eigenvalue weighted by molar-refractivity contribution is -0.121. The van der Waals surface area contributed by atoms with Gasteiger partial charge in [-0.2, -0.15) is 8.42 Å². The second-order valence-electron chi connectivity index (χ2n) is 8.16. The third-order valence-electron chi connectivity index (χ3n) is 5.44. The SMILES string of the molecule is C=CCN1C(=O)/C(=C/c2ccc(OCc3ccccc3)c(OC)c2)S/C1=N/S(=O)(=O)c1ccc(C)cc1. The van der Waals surface area contributed by atoms with Crippen molar-refractivity contribution in [2.45, 2.75) is 18.4 Å². The molecule has 0 bridgehead atoms. The second kappa shape index (κ2) is 11.5. The third-order valence-corrected chi connectivity index (χ3v) is 7.84. The number of carbonyl (C=O) groups is 1. The van der Waals surface area contributed by atoms with Gasteiger partial charge in [0.1, 0.15) is 6.61 Å². The van der Waals surface area contributed by atoms with Crippen LogP contribution in [0.4, 0.5) is 0 Å². The Hall–Kier alpha value is -3.82. The van der Waals surface area contributed by atoms with Crippen molar-refractivity contribution in [3.63, 3.8) is 0 Å². The fraction of sp³-hybridized carbons (Fsp3) is 0.143. The van der Waals surface area contributed by atoms with E-state index in [0.717, 1.165) is 22.9 Å². The van der Waals surface area contributed by atoms with Crippen LogP contribution in [0.15, 0.2) is 99.6 Å². The lowest BCUT2D eigenvalue weighted by Gasteiger charge is -2.12. The van der Waals surface area contributed by atoms with E-state index in [2.05, 4.69) is 11.0 Å². The van der Waals surface area contributed by atoms with Gasteiger partial charge in [0.05, 0.1) is 16.9 Å². The van der Waals surface area contributed by atoms with Crippen LogP contribution >= 0.6 is 11.8 Å². The minimum Gasteiger partial charge on any atom is -0.493 e. The predicted molar refractivity (Wildman–Crippen MR) is 147 cm³/mol. The van der Waals surface area contributed by atoms with Crippen molar-refractivity contribution in [1.82, 2.24) is 4.90 Å². The van der Waals surface area contributed by atoms with Gasteiger partial charge < -0.3 is 9.47 Å². The maximum atomic E-state index is 13.1. The van der Waals surface area contributed by atoms with Crippen molar-refractivity contribution >= 4 is 38.9 Å². The maximum absolute atomic E-state index is 13.1. The smallest absolute Gasteiger partial charge is 0.284 e. The third kappa shape index (κ3) is 6.31. The van der Waals surface area contributed by atoms with E-state index < -0.39 is 10.0 Å². The Morgan fingerprint density at radius 2 is 1.76 bits per heavy atom. The highest BCUT2D eigenvalue weighted by molar-refractivity contribution is 8.19. The minimum atomic E-state index is -4.00. The molecule has 9 heteroatoms. The van der Waals surface area contributed by atoms with Crippen LogP contribution in [-0.2, 0) is 21.4 Å². The molecule has 4 rings (SSSR count). The predicted octanol–water partition coefficient (Wildman–Crippen LogP) is 5.43. The van der Waals surface area contributed by atoms with Crippen molar-refractivity contribution in [2.75, 3.05) is 13.7 Å². The summed E-state index contributed by atoms with van der Waals surface area (Å²) in [4.78, 5) is 14.8. The van der Waals surface area contributed by atoms with Crippen molar-refractivity contribution in [3.05, 3.63) is 107 Å². The van der Waals surface area contributed by atoms with E-state index in [4.69, 9.17) is 9.47 Å². The highest BCUT2D eigenvalue weighted by Gasteiger charge is 2.34. The topological polar surface area (TPSA) is 85.3 Å². The van der Waals surface area contributed by atoms with Gasteiger partial charge in [0, 0.05) is 6.54 Å². The van der Waals surface area contributed by atoms with Gasteiger partial charge in [-0.3, -0.25) is 9.69 Å². The van der Waals surface area contributed by atoms with E-state index >= 15 is 0 Å². The molecule has 0 aliphatic carbocycles. The normalized spacial score (nSPS) is 15.8. The van der Waals surface area contributed by atoms with Gasteiger partial charge in [-0.05, 0) is 60.2 Å². The molecule has 1 aliphatic rings. The second-order valence-corrected chi connectivity index (χ2v) is 10.8. The van der Waals surface area contributed by atoms with Gasteiger partial charge in [0.2, 0.25) is 0 Å². The standard InChI is InChI=1S/C28H26N2O5S2/c1-4-16-30-27(31)26(36-28(30)29-37(32,33)23-13-10-20(2)11-14-23)18-22-12-15-24(25(17-22)34-3)35-19-21-8-6-5-7-9-21/h4-15,17-18H,1,16,19H2,2-3H3/b26-18-,29-28+. The van der Waals surface area contributed by atoms with Crippen LogP contribution in [-0.4, -0.2) is 38.0 Å². The molecule has 0 atom stereocenters. The molecule has 0 aromatic heterocycles. The summed E-state index contributed by atoms with van der Waals surface area (Å²) < 4.78 is 41.2. The number of rotatable bonds is 9. The van der Waals surface area contributed by atoms with Crippen molar-refractivity contribution in [1.29, 1.82) is 0 Å². The van der Waals surface area contributed by atoms with E-state index in [1.165, 1.54) is 23.1 Å². The molecule has 0 radical (unpaired) electrons. The Morgan fingerprint density at radius 3 is 2.43 bits per heavy atom. The average molecular weight is 535 g/mol. The maximum Gasteiger partial charge on any atom is 0.284 e. The molecule has 1 aliphatic heterocycles. The first-order valence-electron chi connectivity index (χ1n) is 11.4. The summed E-state index contributed by atoms with van der Waals surface area (Å²) in [6, 6.07) is 21.5. The van der Waals surface area contributed by atoms with E-state index in [-0.39, 0.29) is 22.5 Å². The number of carbonyl (C=O) groups excluding carboxylic acids is 1. The number of benzene rings is 3. The van der Waals surface area contributed by atoms with Crippen LogP contribution in [0.25, 0.3) is 6.08 Å². The lowest BCUT2D eigenvalue weighted by atomic mass is 10.1. The number of hydrogen-bond acceptors (Lipinski definition) is 6. The molecule has 3 aromatic rings. The van der Waals surface area contributed by atoms with Crippen molar-refractivity contribution < 1.29 is 22.7 Å². The van der Waals surface area contributed by atoms with E-state index in [9.17, 15) is 13.2 Å². The Balaban J connectivity index is 1.59. The molecule has 7 nitrogen and oxygen atoms in total. The molecular weight excluding hydrogens is 508 g/mol. The molecule has 1 fully saturated rings. The fourth-order valence-electron chi connectivity index (χ4n) is 3.51. The average Bonchev–Trinajstić information content (AvgIpc) is 3.17. The first-order valence-corrected chi connectivity index (χ1v) is 13.6. The highest BCUT2D eigenvalue weighted by Crippen LogP contribution is 2.35. The molecule has 3 aromatic carbocycles. The zero-order valence-corrected chi connectivity index (χ0v) is 22.1. The van der Waals surface area contributed by atoms with E-state index in [0.29, 0.717) is 28.6 Å². The van der Waals surface area contributed by atoms with Gasteiger partial charge in [0.25, 0.3) is 15.9 Å².